The van der Waals surface area contributed by atoms with E-state index >= 15 is 0 Å². The molecular formula is C19H15N5O3. The van der Waals surface area contributed by atoms with Gasteiger partial charge in [-0.15, -0.1) is 0 Å². The zero-order chi connectivity index (χ0) is 19.1. The van der Waals surface area contributed by atoms with Crippen LogP contribution in [0.2, 0.25) is 0 Å². The number of hydrogen-bond acceptors (Lipinski definition) is 7. The molecule has 134 valence electrons. The standard InChI is InChI=1S/C19H15N5O3/c1-27-19-12-8-17(9-13-19)23-21-15-4-2-14(3-5-15)20-22-16-6-10-18(11-7-16)24(25)26/h2-13H,1H3. The van der Waals surface area contributed by atoms with Crippen LogP contribution in [0.3, 0.4) is 0 Å². The minimum atomic E-state index is -0.458. The highest BCUT2D eigenvalue weighted by molar-refractivity contribution is 5.49. The first-order valence-electron chi connectivity index (χ1n) is 7.96. The van der Waals surface area contributed by atoms with Crippen molar-refractivity contribution >= 4 is 28.4 Å². The normalized spacial score (nSPS) is 11.1. The third-order valence-corrected chi connectivity index (χ3v) is 3.54. The lowest BCUT2D eigenvalue weighted by molar-refractivity contribution is -0.384. The summed E-state index contributed by atoms with van der Waals surface area (Å²) in [5.74, 6) is 0.761. The first kappa shape index (κ1) is 17.9. The van der Waals surface area contributed by atoms with Gasteiger partial charge in [0.25, 0.3) is 5.69 Å². The average Bonchev–Trinajstić information content (AvgIpc) is 2.72. The van der Waals surface area contributed by atoms with E-state index < -0.39 is 4.92 Å². The molecule has 0 aromatic heterocycles. The number of benzene rings is 3. The van der Waals surface area contributed by atoms with Gasteiger partial charge in [0, 0.05) is 12.1 Å². The van der Waals surface area contributed by atoms with E-state index in [1.807, 2.05) is 24.3 Å². The molecule has 0 heterocycles. The van der Waals surface area contributed by atoms with E-state index in [1.54, 1.807) is 43.5 Å². The van der Waals surface area contributed by atoms with Crippen LogP contribution >= 0.6 is 0 Å². The Kier molecular flexibility index (Phi) is 5.58. The predicted octanol–water partition coefficient (Wildman–Crippen LogP) is 6.43. The molecule has 0 saturated carbocycles. The predicted molar refractivity (Wildman–Crippen MR) is 101 cm³/mol. The maximum Gasteiger partial charge on any atom is 0.269 e. The lowest BCUT2D eigenvalue weighted by atomic mass is 10.3. The van der Waals surface area contributed by atoms with E-state index in [0.717, 1.165) is 11.4 Å². The van der Waals surface area contributed by atoms with Gasteiger partial charge in [-0.3, -0.25) is 10.1 Å². The SMILES string of the molecule is COc1ccc(N=Nc2ccc(N=Nc3ccc([N+](=O)[O-])cc3)cc2)cc1. The maximum absolute atomic E-state index is 10.6. The first-order chi connectivity index (χ1) is 13.1. The molecule has 0 N–H and O–H groups in total. The van der Waals surface area contributed by atoms with Crippen molar-refractivity contribution in [3.63, 3.8) is 0 Å². The number of rotatable bonds is 6. The molecule has 3 aromatic rings. The van der Waals surface area contributed by atoms with Crippen molar-refractivity contribution in [3.05, 3.63) is 82.9 Å². The van der Waals surface area contributed by atoms with Crippen LogP contribution in [0.15, 0.2) is 93.3 Å². The summed E-state index contributed by atoms with van der Waals surface area (Å²) in [7, 11) is 1.61. The molecule has 0 spiro atoms. The molecule has 0 unspecified atom stereocenters. The second-order valence-electron chi connectivity index (χ2n) is 5.39. The van der Waals surface area contributed by atoms with Gasteiger partial charge in [0.05, 0.1) is 34.8 Å². The number of methoxy groups -OCH3 is 1. The molecule has 3 rings (SSSR count). The van der Waals surface area contributed by atoms with Crippen molar-refractivity contribution in [1.82, 2.24) is 0 Å². The molecule has 8 nitrogen and oxygen atoms in total. The number of nitrogens with zero attached hydrogens (tertiary/aromatic N) is 5. The van der Waals surface area contributed by atoms with Gasteiger partial charge in [0.2, 0.25) is 0 Å². The Balaban J connectivity index is 1.63. The fourth-order valence-electron chi connectivity index (χ4n) is 2.11. The summed E-state index contributed by atoms with van der Waals surface area (Å²) < 4.78 is 5.09. The van der Waals surface area contributed by atoms with Crippen LogP contribution in [0.1, 0.15) is 0 Å². The fourth-order valence-corrected chi connectivity index (χ4v) is 2.11. The van der Waals surface area contributed by atoms with Gasteiger partial charge >= 0.3 is 0 Å². The third-order valence-electron chi connectivity index (χ3n) is 3.54. The van der Waals surface area contributed by atoms with Crippen LogP contribution in [0.5, 0.6) is 5.75 Å². The molecule has 27 heavy (non-hydrogen) atoms. The van der Waals surface area contributed by atoms with E-state index in [2.05, 4.69) is 20.5 Å². The van der Waals surface area contributed by atoms with E-state index in [0.29, 0.717) is 17.1 Å². The topological polar surface area (TPSA) is 102 Å². The largest absolute Gasteiger partial charge is 0.497 e. The summed E-state index contributed by atoms with van der Waals surface area (Å²) >= 11 is 0. The van der Waals surface area contributed by atoms with Crippen LogP contribution in [-0.2, 0) is 0 Å². The number of azo groups is 2. The van der Waals surface area contributed by atoms with E-state index in [9.17, 15) is 10.1 Å². The van der Waals surface area contributed by atoms with Crippen LogP contribution < -0.4 is 4.74 Å². The summed E-state index contributed by atoms with van der Waals surface area (Å²) in [6, 6.07) is 20.2. The molecule has 0 saturated heterocycles. The Morgan fingerprint density at radius 1 is 0.667 bits per heavy atom. The zero-order valence-corrected chi connectivity index (χ0v) is 14.4. The van der Waals surface area contributed by atoms with Crippen LogP contribution in [0.4, 0.5) is 28.4 Å². The monoisotopic (exact) mass is 361 g/mol. The Morgan fingerprint density at radius 2 is 1.00 bits per heavy atom. The van der Waals surface area contributed by atoms with Gasteiger partial charge in [-0.1, -0.05) is 0 Å². The van der Waals surface area contributed by atoms with E-state index in [4.69, 9.17) is 4.74 Å². The summed E-state index contributed by atoms with van der Waals surface area (Å²) in [5.41, 5.74) is 2.58. The first-order valence-corrected chi connectivity index (χ1v) is 7.96. The lowest BCUT2D eigenvalue weighted by Crippen LogP contribution is -1.85. The number of hydrogen-bond donors (Lipinski definition) is 0. The van der Waals surface area contributed by atoms with Gasteiger partial charge in [-0.05, 0) is 60.7 Å². The van der Waals surface area contributed by atoms with Crippen molar-refractivity contribution in [3.8, 4) is 5.75 Å². The van der Waals surface area contributed by atoms with Crippen molar-refractivity contribution in [1.29, 1.82) is 0 Å². The Hall–Kier alpha value is -3.94. The highest BCUT2D eigenvalue weighted by atomic mass is 16.6. The summed E-state index contributed by atoms with van der Waals surface area (Å²) in [6.45, 7) is 0. The van der Waals surface area contributed by atoms with Crippen molar-refractivity contribution < 1.29 is 9.66 Å². The van der Waals surface area contributed by atoms with Crippen LogP contribution in [0.25, 0.3) is 0 Å². The molecule has 0 radical (unpaired) electrons. The molecule has 0 aliphatic heterocycles. The minimum Gasteiger partial charge on any atom is -0.497 e. The Labute approximate surface area is 155 Å². The van der Waals surface area contributed by atoms with Crippen LogP contribution in [-0.4, -0.2) is 12.0 Å². The van der Waals surface area contributed by atoms with Gasteiger partial charge in [0.15, 0.2) is 0 Å². The number of nitro benzene ring substituents is 1. The fraction of sp³-hybridized carbons (Fsp3) is 0.0526. The smallest absolute Gasteiger partial charge is 0.269 e. The highest BCUT2D eigenvalue weighted by Crippen LogP contribution is 2.25. The average molecular weight is 361 g/mol. The quantitative estimate of drug-likeness (QED) is 0.287. The van der Waals surface area contributed by atoms with Gasteiger partial charge < -0.3 is 4.74 Å². The Bertz CT molecular complexity index is 966. The van der Waals surface area contributed by atoms with E-state index in [-0.39, 0.29) is 5.69 Å². The number of ether oxygens (including phenoxy) is 1. The van der Waals surface area contributed by atoms with Crippen molar-refractivity contribution in [2.75, 3.05) is 7.11 Å². The molecule has 8 heteroatoms. The molecule has 3 aromatic carbocycles. The van der Waals surface area contributed by atoms with Gasteiger partial charge in [-0.25, -0.2) is 0 Å². The maximum atomic E-state index is 10.6. The second-order valence-corrected chi connectivity index (χ2v) is 5.39. The minimum absolute atomic E-state index is 0.0144. The number of nitro groups is 1. The number of non-ortho nitro benzene ring substituents is 1. The Morgan fingerprint density at radius 3 is 1.33 bits per heavy atom. The second kappa shape index (κ2) is 8.43. The highest BCUT2D eigenvalue weighted by Gasteiger charge is 2.03. The summed E-state index contributed by atoms with van der Waals surface area (Å²) in [4.78, 5) is 10.2. The molecular weight excluding hydrogens is 346 g/mol. The van der Waals surface area contributed by atoms with E-state index in [1.165, 1.54) is 12.1 Å². The molecule has 0 fully saturated rings. The molecule has 0 bridgehead atoms. The van der Waals surface area contributed by atoms with Crippen molar-refractivity contribution in [2.45, 2.75) is 0 Å². The zero-order valence-electron chi connectivity index (χ0n) is 14.4. The summed E-state index contributed by atoms with van der Waals surface area (Å²) in [5, 5.41) is 27.1. The van der Waals surface area contributed by atoms with Crippen molar-refractivity contribution in [2.24, 2.45) is 20.5 Å². The molecule has 0 aliphatic carbocycles. The lowest BCUT2D eigenvalue weighted by Gasteiger charge is -1.98. The van der Waals surface area contributed by atoms with Crippen LogP contribution in [0, 0.1) is 10.1 Å². The third kappa shape index (κ3) is 5.02. The molecule has 0 amide bonds. The van der Waals surface area contributed by atoms with Gasteiger partial charge in [0.1, 0.15) is 5.75 Å². The molecule has 0 aliphatic rings. The summed E-state index contributed by atoms with van der Waals surface area (Å²) in [6.07, 6.45) is 0. The molecule has 0 atom stereocenters. The van der Waals surface area contributed by atoms with Gasteiger partial charge in [-0.2, -0.15) is 20.5 Å².